The Kier molecular flexibility index (Phi) is 8.79. The van der Waals surface area contributed by atoms with Gasteiger partial charge in [0.25, 0.3) is 5.91 Å². The minimum absolute atomic E-state index is 0. The molecule has 1 fully saturated rings. The van der Waals surface area contributed by atoms with Crippen LogP contribution in [0.2, 0.25) is 0 Å². The van der Waals surface area contributed by atoms with E-state index in [1.54, 1.807) is 26.4 Å². The molecule has 0 bridgehead atoms. The van der Waals surface area contributed by atoms with Crippen molar-refractivity contribution < 1.29 is 14.3 Å². The second-order valence-electron chi connectivity index (χ2n) is 6.22. The van der Waals surface area contributed by atoms with Gasteiger partial charge in [0.15, 0.2) is 11.5 Å². The molecule has 2 rings (SSSR count). The number of hydrogen-bond acceptors (Lipinski definition) is 4. The van der Waals surface area contributed by atoms with Gasteiger partial charge in [-0.25, -0.2) is 0 Å². The molecule has 1 aromatic rings. The van der Waals surface area contributed by atoms with Crippen molar-refractivity contribution in [1.82, 2.24) is 5.32 Å². The molecule has 1 aliphatic carbocycles. The molecular formula is C19H29ClN2O3. The zero-order chi connectivity index (χ0) is 17.5. The second-order valence-corrected chi connectivity index (χ2v) is 6.22. The Morgan fingerprint density at radius 1 is 1.32 bits per heavy atom. The largest absolute Gasteiger partial charge is 0.493 e. The van der Waals surface area contributed by atoms with Gasteiger partial charge < -0.3 is 20.5 Å². The summed E-state index contributed by atoms with van der Waals surface area (Å²) in [4.78, 5) is 12.7. The average molecular weight is 369 g/mol. The molecule has 0 spiro atoms. The summed E-state index contributed by atoms with van der Waals surface area (Å²) in [6, 6.07) is 3.71. The third-order valence-corrected chi connectivity index (χ3v) is 4.71. The fraction of sp³-hybridized carbons (Fsp3) is 0.526. The van der Waals surface area contributed by atoms with Gasteiger partial charge in [-0.2, -0.15) is 0 Å². The molecule has 0 radical (unpaired) electrons. The summed E-state index contributed by atoms with van der Waals surface area (Å²) in [6.07, 6.45) is 6.78. The molecule has 1 aromatic carbocycles. The summed E-state index contributed by atoms with van der Waals surface area (Å²) in [5.41, 5.74) is 7.32. The third-order valence-electron chi connectivity index (χ3n) is 4.71. The molecule has 2 atom stereocenters. The van der Waals surface area contributed by atoms with Crippen molar-refractivity contribution in [3.05, 3.63) is 35.9 Å². The summed E-state index contributed by atoms with van der Waals surface area (Å²) < 4.78 is 10.8. The molecule has 1 aliphatic rings. The maximum Gasteiger partial charge on any atom is 0.251 e. The topological polar surface area (TPSA) is 73.6 Å². The number of ether oxygens (including phenoxy) is 2. The highest BCUT2D eigenvalue weighted by Gasteiger charge is 2.26. The molecular weight excluding hydrogens is 340 g/mol. The van der Waals surface area contributed by atoms with Crippen LogP contribution in [-0.4, -0.2) is 32.7 Å². The summed E-state index contributed by atoms with van der Waals surface area (Å²) in [5.74, 6) is 1.47. The quantitative estimate of drug-likeness (QED) is 0.725. The fourth-order valence-corrected chi connectivity index (χ4v) is 3.41. The van der Waals surface area contributed by atoms with Crippen LogP contribution in [0.3, 0.4) is 0 Å². The van der Waals surface area contributed by atoms with E-state index in [1.807, 2.05) is 6.07 Å². The van der Waals surface area contributed by atoms with E-state index in [-0.39, 0.29) is 24.4 Å². The highest BCUT2D eigenvalue weighted by Crippen LogP contribution is 2.33. The Hall–Kier alpha value is -1.72. The van der Waals surface area contributed by atoms with Gasteiger partial charge in [-0.3, -0.25) is 4.79 Å². The van der Waals surface area contributed by atoms with Gasteiger partial charge in [-0.15, -0.1) is 19.0 Å². The zero-order valence-electron chi connectivity index (χ0n) is 15.0. The molecule has 5 nitrogen and oxygen atoms in total. The lowest BCUT2D eigenvalue weighted by Gasteiger charge is -2.31. The van der Waals surface area contributed by atoms with Crippen molar-refractivity contribution in [3.63, 3.8) is 0 Å². The summed E-state index contributed by atoms with van der Waals surface area (Å²) >= 11 is 0. The number of nitrogens with two attached hydrogens (primary N) is 1. The number of carbonyl (C=O) groups is 1. The Balaban J connectivity index is 0.00000312. The smallest absolute Gasteiger partial charge is 0.251 e. The van der Waals surface area contributed by atoms with E-state index in [2.05, 4.69) is 11.9 Å². The number of allylic oxidation sites excluding steroid dienone is 1. The summed E-state index contributed by atoms with van der Waals surface area (Å²) in [5, 5.41) is 3.15. The number of carbonyl (C=O) groups excluding carboxylic acids is 1. The summed E-state index contributed by atoms with van der Waals surface area (Å²) in [7, 11) is 3.17. The van der Waals surface area contributed by atoms with Crippen LogP contribution >= 0.6 is 12.4 Å². The minimum atomic E-state index is -0.0911. The van der Waals surface area contributed by atoms with Crippen LogP contribution < -0.4 is 20.5 Å². The number of halogens is 1. The summed E-state index contributed by atoms with van der Waals surface area (Å²) in [6.45, 7) is 4.37. The minimum Gasteiger partial charge on any atom is -0.493 e. The van der Waals surface area contributed by atoms with Gasteiger partial charge in [0.1, 0.15) is 0 Å². The lowest BCUT2D eigenvalue weighted by Crippen LogP contribution is -2.44. The Morgan fingerprint density at radius 2 is 2.04 bits per heavy atom. The second kappa shape index (κ2) is 10.3. The first kappa shape index (κ1) is 21.3. The molecule has 3 N–H and O–H groups in total. The van der Waals surface area contributed by atoms with E-state index < -0.39 is 0 Å². The van der Waals surface area contributed by atoms with E-state index in [0.29, 0.717) is 35.9 Å². The third kappa shape index (κ3) is 5.13. The normalized spacial score (nSPS) is 19.5. The zero-order valence-corrected chi connectivity index (χ0v) is 15.9. The molecule has 0 aromatic heterocycles. The van der Waals surface area contributed by atoms with Crippen LogP contribution in [0.5, 0.6) is 11.5 Å². The molecule has 25 heavy (non-hydrogen) atoms. The highest BCUT2D eigenvalue weighted by atomic mass is 35.5. The highest BCUT2D eigenvalue weighted by molar-refractivity contribution is 5.95. The van der Waals surface area contributed by atoms with Gasteiger partial charge in [0, 0.05) is 17.2 Å². The van der Waals surface area contributed by atoms with E-state index in [0.717, 1.165) is 24.8 Å². The average Bonchev–Trinajstić information content (AvgIpc) is 2.61. The van der Waals surface area contributed by atoms with Gasteiger partial charge in [0.05, 0.1) is 14.2 Å². The standard InChI is InChI=1S/C19H28N2O3.ClH/c1-4-7-13-10-15(11-17(23-2)18(13)24-3)19(22)21-16-9-6-5-8-14(16)12-20;/h4,10-11,14,16H,1,5-9,12,20H2,2-3H3,(H,21,22);1H. The maximum absolute atomic E-state index is 12.7. The van der Waals surface area contributed by atoms with Crippen molar-refractivity contribution in [1.29, 1.82) is 0 Å². The van der Waals surface area contributed by atoms with Gasteiger partial charge >= 0.3 is 0 Å². The molecule has 6 heteroatoms. The van der Waals surface area contributed by atoms with Gasteiger partial charge in [-0.05, 0) is 43.9 Å². The predicted octanol–water partition coefficient (Wildman–Crippen LogP) is 3.10. The van der Waals surface area contributed by atoms with Crippen molar-refractivity contribution in [2.24, 2.45) is 11.7 Å². The molecule has 1 saturated carbocycles. The lowest BCUT2D eigenvalue weighted by molar-refractivity contribution is 0.0907. The molecule has 140 valence electrons. The van der Waals surface area contributed by atoms with E-state index in [4.69, 9.17) is 15.2 Å². The number of rotatable bonds is 7. The first-order chi connectivity index (χ1) is 11.6. The molecule has 0 heterocycles. The van der Waals surface area contributed by atoms with E-state index in [1.165, 1.54) is 6.42 Å². The Labute approximate surface area is 156 Å². The van der Waals surface area contributed by atoms with Crippen LogP contribution in [0.15, 0.2) is 24.8 Å². The molecule has 0 saturated heterocycles. The van der Waals surface area contributed by atoms with Crippen molar-refractivity contribution in [3.8, 4) is 11.5 Å². The Bertz CT molecular complexity index is 592. The van der Waals surface area contributed by atoms with E-state index in [9.17, 15) is 4.79 Å². The molecule has 0 aliphatic heterocycles. The fourth-order valence-electron chi connectivity index (χ4n) is 3.41. The monoisotopic (exact) mass is 368 g/mol. The van der Waals surface area contributed by atoms with Crippen molar-refractivity contribution in [2.75, 3.05) is 20.8 Å². The number of hydrogen-bond donors (Lipinski definition) is 2. The van der Waals surface area contributed by atoms with Crippen molar-refractivity contribution in [2.45, 2.75) is 38.1 Å². The number of amides is 1. The first-order valence-corrected chi connectivity index (χ1v) is 8.51. The van der Waals surface area contributed by atoms with Crippen LogP contribution in [0, 0.1) is 5.92 Å². The van der Waals surface area contributed by atoms with Crippen LogP contribution in [-0.2, 0) is 6.42 Å². The number of benzene rings is 1. The number of methoxy groups -OCH3 is 2. The number of nitrogens with one attached hydrogen (secondary N) is 1. The van der Waals surface area contributed by atoms with Crippen LogP contribution in [0.4, 0.5) is 0 Å². The molecule has 2 unspecified atom stereocenters. The first-order valence-electron chi connectivity index (χ1n) is 8.51. The van der Waals surface area contributed by atoms with Crippen molar-refractivity contribution >= 4 is 18.3 Å². The Morgan fingerprint density at radius 3 is 2.64 bits per heavy atom. The lowest BCUT2D eigenvalue weighted by atomic mass is 9.84. The van der Waals surface area contributed by atoms with Crippen LogP contribution in [0.25, 0.3) is 0 Å². The van der Waals surface area contributed by atoms with Crippen LogP contribution in [0.1, 0.15) is 41.6 Å². The molecule has 1 amide bonds. The SMILES string of the molecule is C=CCc1cc(C(=O)NC2CCCCC2CN)cc(OC)c1OC.Cl. The van der Waals surface area contributed by atoms with Gasteiger partial charge in [0.2, 0.25) is 0 Å². The van der Waals surface area contributed by atoms with E-state index >= 15 is 0 Å². The predicted molar refractivity (Wildman–Crippen MR) is 103 cm³/mol. The maximum atomic E-state index is 12.7. The van der Waals surface area contributed by atoms with Gasteiger partial charge in [-0.1, -0.05) is 18.9 Å².